The highest BCUT2D eigenvalue weighted by atomic mass is 32.5. The number of H-pyrrole nitrogens is 4. The molecule has 4 aliphatic rings. The standard InChI is InChI=1S/C38H47N14O32P5S/c39-35-45-27-17(29(59)47-35)41-9-51(27)33-21(57)25(83-86(65,66)73-5-11-23(81-85(63)64)19(55)31(77-11)49-3-1-15(53)43-37(49)61)13(79-33)7-75-87(67,68)82-24-12(78-32(20(24)56)50-4-2-16(54)44-38(50)62)6-74-88(69,70)84-26-14(8-76-89(71,72)90)80-34(22(26)58)52-10-42-18-28(52)46-36(40)48-30(18)60/h1-4,9-14,19-26,31-34,55-58H,5-8H2,(H13-,39,40,43,44,45,46,47,48,53,54,59,60,61,62,63,64,65,66,67,68,69,70,71,72,90)/p+1/t11-,12-,13-,14-,19-,20-,21-,22-,23-,24-,25-,26-,31-,32-,33-,34-/m1/s1. The summed E-state index contributed by atoms with van der Waals surface area (Å²) in [5.41, 5.74) is 4.04. The summed E-state index contributed by atoms with van der Waals surface area (Å²) in [6, 6.07) is 1.62. The summed E-state index contributed by atoms with van der Waals surface area (Å²) in [4.78, 5) is 161. The van der Waals surface area contributed by atoms with Crippen molar-refractivity contribution in [2.75, 3.05) is 37.9 Å². The second kappa shape index (κ2) is 26.0. The van der Waals surface area contributed by atoms with Gasteiger partial charge in [-0.25, -0.2) is 33.3 Å². The van der Waals surface area contributed by atoms with Crippen molar-refractivity contribution in [3.63, 3.8) is 0 Å². The van der Waals surface area contributed by atoms with Crippen molar-refractivity contribution in [2.45, 2.75) is 98.2 Å². The number of aliphatic hydroxyl groups excluding tert-OH is 4. The number of hydrogen-bond acceptors (Lipinski definition) is 33. The maximum absolute atomic E-state index is 14.1. The first-order chi connectivity index (χ1) is 42.2. The van der Waals surface area contributed by atoms with E-state index in [0.717, 1.165) is 46.3 Å². The fraction of sp³-hybridized carbons (Fsp3) is 0.526. The summed E-state index contributed by atoms with van der Waals surface area (Å²) < 4.78 is 121. The monoisotopic (exact) mass is 1400 g/mol. The molecular formula is C38H48N14O32P5S+. The topological polar surface area (TPSA) is 670 Å². The van der Waals surface area contributed by atoms with Gasteiger partial charge in [-0.2, -0.15) is 9.97 Å². The van der Waals surface area contributed by atoms with Crippen LogP contribution in [0.3, 0.4) is 0 Å². The van der Waals surface area contributed by atoms with Crippen LogP contribution in [0, 0.1) is 0 Å². The minimum absolute atomic E-state index is 0.289. The van der Waals surface area contributed by atoms with Gasteiger partial charge in [-0.1, -0.05) is 0 Å². The van der Waals surface area contributed by atoms with Crippen molar-refractivity contribution in [3.8, 4) is 0 Å². The van der Waals surface area contributed by atoms with Crippen molar-refractivity contribution in [3.05, 3.63) is 99.6 Å². The first-order valence-electron chi connectivity index (χ1n) is 25.1. The lowest BCUT2D eigenvalue weighted by molar-refractivity contribution is -0.0643. The minimum Gasteiger partial charge on any atom is -0.386 e. The van der Waals surface area contributed by atoms with E-state index < -0.39 is 214 Å². The van der Waals surface area contributed by atoms with Crippen LogP contribution in [0.1, 0.15) is 24.9 Å². The molecule has 52 heteroatoms. The van der Waals surface area contributed by atoms with Gasteiger partial charge in [0.05, 0.1) is 39.1 Å². The van der Waals surface area contributed by atoms with Crippen LogP contribution in [-0.4, -0.2) is 208 Å². The summed E-state index contributed by atoms with van der Waals surface area (Å²) in [5, 5.41) is 45.9. The van der Waals surface area contributed by atoms with Gasteiger partial charge >= 0.3 is 49.8 Å². The van der Waals surface area contributed by atoms with Gasteiger partial charge in [0, 0.05) is 29.1 Å². The molecule has 0 aromatic carbocycles. The van der Waals surface area contributed by atoms with Crippen molar-refractivity contribution in [1.29, 1.82) is 0 Å². The lowest BCUT2D eigenvalue weighted by Gasteiger charge is -2.26. The molecule has 90 heavy (non-hydrogen) atoms. The number of hydrogen-bond donors (Lipinski definition) is 16. The molecule has 18 N–H and O–H groups in total. The fourth-order valence-electron chi connectivity index (χ4n) is 9.70. The number of aromatic nitrogens is 12. The third kappa shape index (κ3) is 14.5. The molecule has 4 aliphatic heterocycles. The number of phosphoric ester groups is 3. The molecule has 46 nitrogen and oxygen atoms in total. The number of anilines is 2. The Hall–Kier alpha value is -5.78. The molecule has 4 fully saturated rings. The molecule has 6 aromatic heterocycles. The number of phosphoric acid groups is 3. The molecule has 0 bridgehead atoms. The molecule has 6 aromatic rings. The average molecular weight is 1400 g/mol. The Morgan fingerprint density at radius 2 is 0.856 bits per heavy atom. The first kappa shape index (κ1) is 67.1. The first-order valence-corrected chi connectivity index (χ1v) is 33.3. The maximum atomic E-state index is 14.1. The number of aliphatic hydroxyl groups is 4. The van der Waals surface area contributed by atoms with Gasteiger partial charge in [0.25, 0.3) is 22.2 Å². The van der Waals surface area contributed by atoms with E-state index in [0.29, 0.717) is 9.13 Å². The molecule has 20 atom stereocenters. The van der Waals surface area contributed by atoms with Crippen LogP contribution in [0.5, 0.6) is 0 Å². The van der Waals surface area contributed by atoms with Crippen LogP contribution in [0.25, 0.3) is 22.3 Å². The van der Waals surface area contributed by atoms with Gasteiger partial charge < -0.3 is 79.8 Å². The molecule has 492 valence electrons. The molecule has 0 amide bonds. The lowest BCUT2D eigenvalue weighted by Crippen LogP contribution is -2.39. The van der Waals surface area contributed by atoms with E-state index in [2.05, 4.69) is 41.7 Å². The third-order valence-corrected chi connectivity index (χ3v) is 17.7. The highest BCUT2D eigenvalue weighted by Gasteiger charge is 2.56. The summed E-state index contributed by atoms with van der Waals surface area (Å²) >= 11 is 4.49. The zero-order chi connectivity index (χ0) is 65.3. The second-order valence-electron chi connectivity index (χ2n) is 19.4. The largest absolute Gasteiger partial charge is 0.695 e. The van der Waals surface area contributed by atoms with Crippen molar-refractivity contribution >= 4 is 84.5 Å². The number of aromatic amines is 4. The Kier molecular flexibility index (Phi) is 19.4. The quantitative estimate of drug-likeness (QED) is 0.0251. The number of imidazole rings is 2. The Morgan fingerprint density at radius 3 is 1.19 bits per heavy atom. The summed E-state index contributed by atoms with van der Waals surface area (Å²) in [6.45, 7) is -9.42. The molecule has 10 rings (SSSR count). The predicted molar refractivity (Wildman–Crippen MR) is 289 cm³/mol. The van der Waals surface area contributed by atoms with E-state index in [-0.39, 0.29) is 16.8 Å². The number of nitrogens with one attached hydrogen (secondary N) is 4. The predicted octanol–water partition coefficient (Wildman–Crippen LogP) is -6.68. The van der Waals surface area contributed by atoms with Crippen molar-refractivity contribution < 1.29 is 123 Å². The van der Waals surface area contributed by atoms with Crippen molar-refractivity contribution in [2.24, 2.45) is 0 Å². The maximum Gasteiger partial charge on any atom is 0.695 e. The number of ether oxygens (including phenoxy) is 4. The summed E-state index contributed by atoms with van der Waals surface area (Å²) in [7, 11) is -20.9. The number of nitrogens with zero attached hydrogens (tertiary/aromatic N) is 8. The Bertz CT molecular complexity index is 4290. The zero-order valence-corrected chi connectivity index (χ0v) is 49.6. The third-order valence-electron chi connectivity index (χ3n) is 13.5. The van der Waals surface area contributed by atoms with Gasteiger partial charge in [-0.15, -0.1) is 9.42 Å². The van der Waals surface area contributed by atoms with E-state index in [1.165, 1.54) is 0 Å². The van der Waals surface area contributed by atoms with E-state index >= 15 is 0 Å². The van der Waals surface area contributed by atoms with Gasteiger partial charge in [-0.05, 0) is 11.8 Å². The highest BCUT2D eigenvalue weighted by molar-refractivity contribution is 8.06. The molecular weight excluding hydrogens is 1350 g/mol. The fourth-order valence-corrected chi connectivity index (χ4v) is 13.6. The number of rotatable bonds is 24. The molecule has 10 heterocycles. The van der Waals surface area contributed by atoms with Crippen molar-refractivity contribution in [1.82, 2.24) is 58.1 Å². The van der Waals surface area contributed by atoms with E-state index in [4.69, 9.17) is 66.6 Å². The Morgan fingerprint density at radius 1 is 0.533 bits per heavy atom. The second-order valence-corrected chi connectivity index (χ2v) is 27.0. The van der Waals surface area contributed by atoms with Crippen LogP contribution in [0.4, 0.5) is 11.9 Å². The van der Waals surface area contributed by atoms with Gasteiger partial charge in [0.1, 0.15) is 67.1 Å². The number of nitrogen functional groups attached to an aromatic ring is 2. The van der Waals surface area contributed by atoms with E-state index in [1.807, 2.05) is 9.97 Å². The average Bonchev–Trinajstić information content (AvgIpc) is 1.65. The highest BCUT2D eigenvalue weighted by Crippen LogP contribution is 2.54. The lowest BCUT2D eigenvalue weighted by atomic mass is 10.1. The van der Waals surface area contributed by atoms with E-state index in [1.54, 1.807) is 0 Å². The van der Waals surface area contributed by atoms with Gasteiger partial charge in [0.15, 0.2) is 53.3 Å². The molecule has 4 saturated heterocycles. The van der Waals surface area contributed by atoms with Crippen LogP contribution < -0.4 is 45.1 Å². The molecule has 4 unspecified atom stereocenters. The number of nitrogens with two attached hydrogens (primary N) is 2. The van der Waals surface area contributed by atoms with Crippen LogP contribution in [0.2, 0.25) is 0 Å². The summed E-state index contributed by atoms with van der Waals surface area (Å²) in [6.07, 6.45) is -29.1. The molecule has 0 radical (unpaired) electrons. The Labute approximate surface area is 500 Å². The molecule has 0 spiro atoms. The Balaban J connectivity index is 0.883. The molecule has 0 saturated carbocycles. The van der Waals surface area contributed by atoms with Crippen LogP contribution >= 0.6 is 38.4 Å². The normalized spacial score (nSPS) is 31.1. The summed E-state index contributed by atoms with van der Waals surface area (Å²) in [5.74, 6) is -0.907. The zero-order valence-electron chi connectivity index (χ0n) is 44.4. The van der Waals surface area contributed by atoms with Gasteiger partial charge in [0.2, 0.25) is 11.9 Å². The minimum atomic E-state index is -5.88. The van der Waals surface area contributed by atoms with Crippen LogP contribution in [0.15, 0.2) is 65.9 Å². The number of fused-ring (bicyclic) bond motifs is 2. The van der Waals surface area contributed by atoms with E-state index in [9.17, 15) is 96.8 Å². The SMILES string of the molecule is Nc1nc2c(ncn2[C@@H]2O[C@H](COP(=O)(O)O[C@H]3[C@@H](O)[C@H](n4ccc(=O)[nH]c4=O)O[C@@H]3COP(=O)(O)O[C@H]3[C@@H](O)[C@H](n4cnc5c(=O)[nH]c(N)nc54)O[C@@H]3COP(O)(O)=S)[C@@H](OP(=O)(O)OC[C@H]3O[C@@H](n4ccc(=O)[nH]c4=O)[C@H](O)[C@@H]3O[P+](=O)O)[C@H]2O)c(=O)[nH]1. The smallest absolute Gasteiger partial charge is 0.386 e. The van der Waals surface area contributed by atoms with Gasteiger partial charge in [-0.3, -0.25) is 84.5 Å². The molecule has 0 aliphatic carbocycles. The van der Waals surface area contributed by atoms with Crippen LogP contribution in [-0.2, 0) is 85.2 Å².